The number of hydrogen-bond acceptors (Lipinski definition) is 3. The molecule has 2 aromatic heterocycles. The molecule has 102 valence electrons. The van der Waals surface area contributed by atoms with Crippen LogP contribution in [0.2, 0.25) is 10.0 Å². The topological polar surface area (TPSA) is 43.1 Å². The normalized spacial score (nSPS) is 11.3. The van der Waals surface area contributed by atoms with Crippen molar-refractivity contribution in [2.45, 2.75) is 0 Å². The van der Waals surface area contributed by atoms with Crippen LogP contribution in [0.25, 0.3) is 27.9 Å². The lowest BCUT2D eigenvalue weighted by Gasteiger charge is -2.03. The van der Waals surface area contributed by atoms with E-state index in [1.165, 1.54) is 0 Å². The number of fused-ring (bicyclic) bond motifs is 3. The van der Waals surface area contributed by atoms with Crippen LogP contribution in [0.3, 0.4) is 0 Å². The molecule has 0 unspecified atom stereocenters. The second kappa shape index (κ2) is 4.69. The molecule has 6 heteroatoms. The van der Waals surface area contributed by atoms with Crippen molar-refractivity contribution < 1.29 is 0 Å². The van der Waals surface area contributed by atoms with Crippen molar-refractivity contribution in [2.24, 2.45) is 0 Å². The first kappa shape index (κ1) is 12.6. The summed E-state index contributed by atoms with van der Waals surface area (Å²) < 4.78 is 1.85. The van der Waals surface area contributed by atoms with E-state index < -0.39 is 0 Å². The molecule has 2 aromatic carbocycles. The lowest BCUT2D eigenvalue weighted by atomic mass is 10.2. The van der Waals surface area contributed by atoms with Gasteiger partial charge in [-0.3, -0.25) is 4.40 Å². The maximum atomic E-state index is 6.07. The number of halogens is 2. The first-order chi connectivity index (χ1) is 10.2. The molecule has 21 heavy (non-hydrogen) atoms. The zero-order chi connectivity index (χ0) is 14.4. The van der Waals surface area contributed by atoms with Gasteiger partial charge in [-0.1, -0.05) is 35.3 Å². The molecule has 0 amide bonds. The van der Waals surface area contributed by atoms with Crippen LogP contribution in [-0.4, -0.2) is 19.6 Å². The van der Waals surface area contributed by atoms with Crippen LogP contribution < -0.4 is 0 Å². The van der Waals surface area contributed by atoms with Gasteiger partial charge in [0.2, 0.25) is 0 Å². The minimum Gasteiger partial charge on any atom is -0.265 e. The molecule has 4 aromatic rings. The molecular weight excluding hydrogens is 307 g/mol. The molecule has 0 radical (unpaired) electrons. The molecule has 0 spiro atoms. The molecule has 0 saturated heterocycles. The standard InChI is InChI=1S/C15H8Cl2N4/c16-11-6-5-9(7-12(11)17)14-19-20-15-10-3-1-2-4-13(10)18-8-21(14)15/h1-8H. The van der Waals surface area contributed by atoms with Gasteiger partial charge in [0.15, 0.2) is 11.5 Å². The highest BCUT2D eigenvalue weighted by Gasteiger charge is 2.12. The molecule has 0 atom stereocenters. The Balaban J connectivity index is 2.02. The van der Waals surface area contributed by atoms with Crippen molar-refractivity contribution in [1.82, 2.24) is 19.6 Å². The predicted octanol–water partition coefficient (Wildman–Crippen LogP) is 4.25. The van der Waals surface area contributed by atoms with Crippen LogP contribution in [0.5, 0.6) is 0 Å². The highest BCUT2D eigenvalue weighted by molar-refractivity contribution is 6.42. The van der Waals surface area contributed by atoms with Gasteiger partial charge in [0.05, 0.1) is 15.6 Å². The van der Waals surface area contributed by atoms with Crippen molar-refractivity contribution >= 4 is 39.8 Å². The Bertz CT molecular complexity index is 978. The lowest BCUT2D eigenvalue weighted by molar-refractivity contribution is 1.09. The summed E-state index contributed by atoms with van der Waals surface area (Å²) in [5, 5.41) is 10.5. The van der Waals surface area contributed by atoms with Gasteiger partial charge in [-0.05, 0) is 30.3 Å². The maximum absolute atomic E-state index is 6.07. The van der Waals surface area contributed by atoms with E-state index in [0.29, 0.717) is 15.9 Å². The first-order valence-corrected chi connectivity index (χ1v) is 7.03. The second-order valence-corrected chi connectivity index (χ2v) is 5.42. The summed E-state index contributed by atoms with van der Waals surface area (Å²) in [4.78, 5) is 4.43. The fourth-order valence-corrected chi connectivity index (χ4v) is 2.61. The van der Waals surface area contributed by atoms with E-state index in [2.05, 4.69) is 15.2 Å². The zero-order valence-corrected chi connectivity index (χ0v) is 12.2. The van der Waals surface area contributed by atoms with E-state index in [-0.39, 0.29) is 0 Å². The number of aromatic nitrogens is 4. The molecule has 2 heterocycles. The number of rotatable bonds is 1. The highest BCUT2D eigenvalue weighted by atomic mass is 35.5. The van der Waals surface area contributed by atoms with E-state index in [9.17, 15) is 0 Å². The van der Waals surface area contributed by atoms with Crippen molar-refractivity contribution in [1.29, 1.82) is 0 Å². The van der Waals surface area contributed by atoms with E-state index in [1.807, 2.05) is 34.7 Å². The fraction of sp³-hybridized carbons (Fsp3) is 0. The van der Waals surface area contributed by atoms with Crippen molar-refractivity contribution in [3.05, 3.63) is 58.8 Å². The van der Waals surface area contributed by atoms with Gasteiger partial charge in [-0.2, -0.15) is 0 Å². The highest BCUT2D eigenvalue weighted by Crippen LogP contribution is 2.28. The SMILES string of the molecule is Clc1ccc(-c2nnc3c4ccccc4ncn23)cc1Cl. The maximum Gasteiger partial charge on any atom is 0.171 e. The van der Waals surface area contributed by atoms with Crippen LogP contribution in [0.15, 0.2) is 48.8 Å². The molecule has 4 nitrogen and oxygen atoms in total. The van der Waals surface area contributed by atoms with E-state index in [1.54, 1.807) is 18.5 Å². The largest absolute Gasteiger partial charge is 0.265 e. The minimum absolute atomic E-state index is 0.486. The minimum atomic E-state index is 0.486. The summed E-state index contributed by atoms with van der Waals surface area (Å²) in [5.74, 6) is 0.682. The summed E-state index contributed by atoms with van der Waals surface area (Å²) in [5.41, 5.74) is 2.49. The van der Waals surface area contributed by atoms with Crippen LogP contribution in [-0.2, 0) is 0 Å². The molecule has 4 rings (SSSR count). The number of benzene rings is 2. The Hall–Kier alpha value is -2.17. The Morgan fingerprint density at radius 2 is 1.76 bits per heavy atom. The van der Waals surface area contributed by atoms with Gasteiger partial charge >= 0.3 is 0 Å². The quantitative estimate of drug-likeness (QED) is 0.527. The van der Waals surface area contributed by atoms with Gasteiger partial charge in [0.1, 0.15) is 6.33 Å². The van der Waals surface area contributed by atoms with Gasteiger partial charge in [0.25, 0.3) is 0 Å². The molecule has 0 N–H and O–H groups in total. The molecule has 0 aliphatic heterocycles. The molecule has 0 bridgehead atoms. The van der Waals surface area contributed by atoms with Gasteiger partial charge in [0, 0.05) is 10.9 Å². The monoisotopic (exact) mass is 314 g/mol. The van der Waals surface area contributed by atoms with E-state index in [0.717, 1.165) is 22.1 Å². The Kier molecular flexibility index (Phi) is 2.80. The molecular formula is C15H8Cl2N4. The summed E-state index contributed by atoms with van der Waals surface area (Å²) in [6.45, 7) is 0. The van der Waals surface area contributed by atoms with Crippen LogP contribution in [0.4, 0.5) is 0 Å². The van der Waals surface area contributed by atoms with Crippen LogP contribution in [0.1, 0.15) is 0 Å². The summed E-state index contributed by atoms with van der Waals surface area (Å²) >= 11 is 12.0. The number of para-hydroxylation sites is 1. The van der Waals surface area contributed by atoms with Crippen molar-refractivity contribution in [3.8, 4) is 11.4 Å². The van der Waals surface area contributed by atoms with E-state index >= 15 is 0 Å². The molecule has 0 fully saturated rings. The van der Waals surface area contributed by atoms with Gasteiger partial charge in [-0.25, -0.2) is 4.98 Å². The smallest absolute Gasteiger partial charge is 0.171 e. The summed E-state index contributed by atoms with van der Waals surface area (Å²) in [6.07, 6.45) is 1.72. The fourth-order valence-electron chi connectivity index (χ4n) is 2.31. The molecule has 0 aliphatic carbocycles. The first-order valence-electron chi connectivity index (χ1n) is 6.28. The Labute approximate surface area is 130 Å². The lowest BCUT2D eigenvalue weighted by Crippen LogP contribution is -1.92. The molecule has 0 aliphatic rings. The third kappa shape index (κ3) is 1.95. The van der Waals surface area contributed by atoms with Crippen molar-refractivity contribution in [3.63, 3.8) is 0 Å². The van der Waals surface area contributed by atoms with E-state index in [4.69, 9.17) is 23.2 Å². The predicted molar refractivity (Wildman–Crippen MR) is 83.7 cm³/mol. The zero-order valence-electron chi connectivity index (χ0n) is 10.7. The van der Waals surface area contributed by atoms with Gasteiger partial charge in [-0.15, -0.1) is 10.2 Å². The average Bonchev–Trinajstić information content (AvgIpc) is 2.94. The third-order valence-corrected chi connectivity index (χ3v) is 4.07. The number of nitrogens with zero attached hydrogens (tertiary/aromatic N) is 4. The Morgan fingerprint density at radius 3 is 2.62 bits per heavy atom. The summed E-state index contributed by atoms with van der Waals surface area (Å²) in [6, 6.07) is 13.2. The number of hydrogen-bond donors (Lipinski definition) is 0. The molecule has 0 saturated carbocycles. The second-order valence-electron chi connectivity index (χ2n) is 4.61. The Morgan fingerprint density at radius 1 is 0.905 bits per heavy atom. The third-order valence-electron chi connectivity index (χ3n) is 3.33. The average molecular weight is 315 g/mol. The van der Waals surface area contributed by atoms with Crippen LogP contribution in [0, 0.1) is 0 Å². The van der Waals surface area contributed by atoms with Gasteiger partial charge < -0.3 is 0 Å². The van der Waals surface area contributed by atoms with Crippen LogP contribution >= 0.6 is 23.2 Å². The van der Waals surface area contributed by atoms with Crippen molar-refractivity contribution in [2.75, 3.05) is 0 Å². The summed E-state index contributed by atoms with van der Waals surface area (Å²) in [7, 11) is 0.